The van der Waals surface area contributed by atoms with Crippen molar-refractivity contribution < 1.29 is 9.32 Å². The summed E-state index contributed by atoms with van der Waals surface area (Å²) in [6.45, 7) is 5.98. The van der Waals surface area contributed by atoms with Crippen molar-refractivity contribution in [3.8, 4) is 11.3 Å². The zero-order chi connectivity index (χ0) is 21.8. The number of hydrogen-bond acceptors (Lipinski definition) is 6. The number of hydrogen-bond donors (Lipinski definition) is 1. The average molecular weight is 439 g/mol. The second-order valence-corrected chi connectivity index (χ2v) is 9.11. The third kappa shape index (κ3) is 3.35. The van der Waals surface area contributed by atoms with Gasteiger partial charge in [0.1, 0.15) is 5.54 Å². The molecule has 1 aromatic carbocycles. The van der Waals surface area contributed by atoms with Crippen molar-refractivity contribution in [2.75, 3.05) is 5.32 Å². The van der Waals surface area contributed by atoms with Crippen LogP contribution in [0.15, 0.2) is 35.0 Å². The van der Waals surface area contributed by atoms with Crippen LogP contribution in [0.25, 0.3) is 11.3 Å². The highest BCUT2D eigenvalue weighted by Crippen LogP contribution is 2.55. The van der Waals surface area contributed by atoms with Crippen molar-refractivity contribution in [1.29, 1.82) is 0 Å². The molecule has 5 rings (SSSR count). The van der Waals surface area contributed by atoms with E-state index < -0.39 is 5.54 Å². The number of likely N-dealkylation sites (tertiary alicyclic amines) is 1. The number of nitrogens with one attached hydrogen (secondary N) is 1. The lowest BCUT2D eigenvalue weighted by molar-refractivity contribution is -0.111. The van der Waals surface area contributed by atoms with Gasteiger partial charge >= 0.3 is 6.03 Å². The SMILES string of the molecule is Cc1noc(C23CC(C)CC(C2)N3C(=O)Nc2ccc(C)c(-c3cc(Cl)cnn3)c2)n1. The highest BCUT2D eigenvalue weighted by atomic mass is 35.5. The van der Waals surface area contributed by atoms with E-state index in [2.05, 4.69) is 32.6 Å². The van der Waals surface area contributed by atoms with Crippen LogP contribution in [0.3, 0.4) is 0 Å². The van der Waals surface area contributed by atoms with E-state index in [1.807, 2.05) is 30.0 Å². The summed E-state index contributed by atoms with van der Waals surface area (Å²) >= 11 is 6.08. The Morgan fingerprint density at radius 3 is 2.87 bits per heavy atom. The van der Waals surface area contributed by atoms with Crippen LogP contribution in [0.1, 0.15) is 43.5 Å². The Labute approximate surface area is 185 Å². The first-order chi connectivity index (χ1) is 14.9. The van der Waals surface area contributed by atoms with Gasteiger partial charge in [0.2, 0.25) is 0 Å². The molecule has 1 aliphatic carbocycles. The number of carbonyl (C=O) groups excluding carboxylic acids is 1. The number of nitrogens with zero attached hydrogens (tertiary/aromatic N) is 5. The number of amides is 2. The quantitative estimate of drug-likeness (QED) is 0.635. The number of halogens is 1. The number of urea groups is 1. The summed E-state index contributed by atoms with van der Waals surface area (Å²) < 4.78 is 5.52. The van der Waals surface area contributed by atoms with Crippen LogP contribution in [0, 0.1) is 19.8 Å². The smallest absolute Gasteiger partial charge is 0.323 e. The number of rotatable bonds is 3. The van der Waals surface area contributed by atoms with E-state index in [0.29, 0.717) is 34.0 Å². The van der Waals surface area contributed by atoms with E-state index in [0.717, 1.165) is 30.4 Å². The van der Waals surface area contributed by atoms with E-state index in [1.54, 1.807) is 13.0 Å². The minimum absolute atomic E-state index is 0.161. The lowest BCUT2D eigenvalue weighted by Crippen LogP contribution is -2.70. The molecule has 2 bridgehead atoms. The lowest BCUT2D eigenvalue weighted by Gasteiger charge is -2.61. The van der Waals surface area contributed by atoms with Gasteiger partial charge in [0.25, 0.3) is 5.89 Å². The van der Waals surface area contributed by atoms with Gasteiger partial charge in [-0.2, -0.15) is 15.2 Å². The van der Waals surface area contributed by atoms with E-state index in [-0.39, 0.29) is 12.1 Å². The van der Waals surface area contributed by atoms with Crippen molar-refractivity contribution >= 4 is 23.3 Å². The molecule has 1 N–H and O–H groups in total. The Kier molecular flexibility index (Phi) is 4.69. The number of carbonyl (C=O) groups is 1. The van der Waals surface area contributed by atoms with Crippen LogP contribution in [0.4, 0.5) is 10.5 Å². The molecule has 3 unspecified atom stereocenters. The second kappa shape index (κ2) is 7.30. The molecule has 2 aliphatic rings. The van der Waals surface area contributed by atoms with Crippen LogP contribution in [0.5, 0.6) is 0 Å². The molecule has 2 aromatic heterocycles. The van der Waals surface area contributed by atoms with Crippen molar-refractivity contribution in [3.05, 3.63) is 52.8 Å². The molecule has 8 nitrogen and oxygen atoms in total. The zero-order valence-corrected chi connectivity index (χ0v) is 18.3. The molecule has 3 aromatic rings. The number of benzene rings is 1. The number of aryl methyl sites for hydroxylation is 2. The first-order valence-corrected chi connectivity index (χ1v) is 10.7. The third-order valence-electron chi connectivity index (χ3n) is 6.29. The normalized spacial score (nSPS) is 24.6. The topological polar surface area (TPSA) is 97.0 Å². The Balaban J connectivity index is 1.43. The fourth-order valence-corrected chi connectivity index (χ4v) is 5.22. The van der Waals surface area contributed by atoms with Gasteiger partial charge in [-0.1, -0.05) is 29.7 Å². The molecule has 0 radical (unpaired) electrons. The van der Waals surface area contributed by atoms with Crippen LogP contribution >= 0.6 is 11.6 Å². The van der Waals surface area contributed by atoms with Crippen LogP contribution in [-0.4, -0.2) is 37.3 Å². The standard InChI is InChI=1S/C22H23ClN6O2/c1-12-6-17-10-22(9-12,20-25-14(3)28-31-20)29(17)21(30)26-16-5-4-13(2)18(8-16)19-7-15(23)11-24-27-19/h4-5,7-8,11-12,17H,6,9-10H2,1-3H3,(H,26,30). The van der Waals surface area contributed by atoms with E-state index >= 15 is 0 Å². The van der Waals surface area contributed by atoms with E-state index in [9.17, 15) is 4.79 Å². The van der Waals surface area contributed by atoms with Gasteiger partial charge in [-0.3, -0.25) is 0 Å². The molecular weight excluding hydrogens is 416 g/mol. The summed E-state index contributed by atoms with van der Waals surface area (Å²) in [5.41, 5.74) is 2.70. The summed E-state index contributed by atoms with van der Waals surface area (Å²) in [6.07, 6.45) is 4.13. The Bertz CT molecular complexity index is 1160. The Hall–Kier alpha value is -3.00. The lowest BCUT2D eigenvalue weighted by atomic mass is 9.64. The van der Waals surface area contributed by atoms with Gasteiger partial charge in [-0.25, -0.2) is 4.79 Å². The highest BCUT2D eigenvalue weighted by Gasteiger charge is 2.62. The summed E-state index contributed by atoms with van der Waals surface area (Å²) in [7, 11) is 0. The molecular formula is C22H23ClN6O2. The zero-order valence-electron chi connectivity index (χ0n) is 17.6. The van der Waals surface area contributed by atoms with Gasteiger partial charge in [-0.15, -0.1) is 0 Å². The predicted molar refractivity (Wildman–Crippen MR) is 116 cm³/mol. The maximum atomic E-state index is 13.4. The predicted octanol–water partition coefficient (Wildman–Crippen LogP) is 4.73. The van der Waals surface area contributed by atoms with Crippen LogP contribution < -0.4 is 5.32 Å². The summed E-state index contributed by atoms with van der Waals surface area (Å²) in [5, 5.41) is 15.6. The molecule has 1 saturated heterocycles. The minimum Gasteiger partial charge on any atom is -0.337 e. The fourth-order valence-electron chi connectivity index (χ4n) is 5.07. The van der Waals surface area contributed by atoms with Gasteiger partial charge < -0.3 is 14.7 Å². The average Bonchev–Trinajstić information content (AvgIpc) is 3.15. The van der Waals surface area contributed by atoms with Gasteiger partial charge in [0.15, 0.2) is 5.82 Å². The number of fused-ring (bicyclic) bond motifs is 2. The molecule has 2 fully saturated rings. The Morgan fingerprint density at radius 2 is 2.13 bits per heavy atom. The van der Waals surface area contributed by atoms with Crippen molar-refractivity contribution in [2.24, 2.45) is 5.92 Å². The monoisotopic (exact) mass is 438 g/mol. The Morgan fingerprint density at radius 1 is 1.29 bits per heavy atom. The van der Waals surface area contributed by atoms with Crippen LogP contribution in [-0.2, 0) is 5.54 Å². The number of aromatic nitrogens is 4. The first-order valence-electron chi connectivity index (χ1n) is 10.4. The maximum Gasteiger partial charge on any atom is 0.323 e. The van der Waals surface area contributed by atoms with Gasteiger partial charge in [0.05, 0.1) is 16.9 Å². The molecule has 160 valence electrons. The van der Waals surface area contributed by atoms with Crippen molar-refractivity contribution in [3.63, 3.8) is 0 Å². The van der Waals surface area contributed by atoms with Gasteiger partial charge in [0, 0.05) is 23.7 Å². The van der Waals surface area contributed by atoms with Crippen molar-refractivity contribution in [1.82, 2.24) is 25.2 Å². The molecule has 0 spiro atoms. The summed E-state index contributed by atoms with van der Waals surface area (Å²) in [5.74, 6) is 1.60. The molecule has 1 saturated carbocycles. The van der Waals surface area contributed by atoms with E-state index in [1.165, 1.54) is 6.20 Å². The first kappa shape index (κ1) is 19.9. The highest BCUT2D eigenvalue weighted by molar-refractivity contribution is 6.30. The molecule has 3 atom stereocenters. The molecule has 1 aliphatic heterocycles. The number of piperidine rings is 1. The largest absolute Gasteiger partial charge is 0.337 e. The molecule has 9 heteroatoms. The maximum absolute atomic E-state index is 13.4. The molecule has 2 amide bonds. The molecule has 31 heavy (non-hydrogen) atoms. The minimum atomic E-state index is -0.528. The second-order valence-electron chi connectivity index (χ2n) is 8.67. The van der Waals surface area contributed by atoms with E-state index in [4.69, 9.17) is 16.1 Å². The fraction of sp³-hybridized carbons (Fsp3) is 0.409. The molecule has 3 heterocycles. The van der Waals surface area contributed by atoms with Crippen molar-refractivity contribution in [2.45, 2.75) is 51.6 Å². The summed E-state index contributed by atoms with van der Waals surface area (Å²) in [6, 6.07) is 7.50. The van der Waals surface area contributed by atoms with Crippen LogP contribution in [0.2, 0.25) is 5.02 Å². The summed E-state index contributed by atoms with van der Waals surface area (Å²) in [4.78, 5) is 19.7. The number of anilines is 1. The van der Waals surface area contributed by atoms with Gasteiger partial charge in [-0.05, 0) is 56.4 Å². The third-order valence-corrected chi connectivity index (χ3v) is 6.50.